The monoisotopic (exact) mass is 427 g/mol. The minimum Gasteiger partial charge on any atom is -0.451 e. The van der Waals surface area contributed by atoms with Crippen molar-refractivity contribution in [2.45, 2.75) is 6.92 Å². The molecule has 0 saturated heterocycles. The molecule has 2 aromatic heterocycles. The van der Waals surface area contributed by atoms with Crippen LogP contribution in [0, 0.1) is 6.92 Å². The topological polar surface area (TPSA) is 80.3 Å². The van der Waals surface area contributed by atoms with Gasteiger partial charge in [-0.1, -0.05) is 36.4 Å². The van der Waals surface area contributed by atoms with E-state index in [1.807, 2.05) is 79.7 Å². The Morgan fingerprint density at radius 3 is 2.52 bits per heavy atom. The largest absolute Gasteiger partial charge is 0.451 e. The molecule has 5 aromatic rings. The van der Waals surface area contributed by atoms with Crippen LogP contribution < -0.4 is 10.6 Å². The first-order chi connectivity index (χ1) is 15.1. The normalized spacial score (nSPS) is 11.0. The minimum absolute atomic E-state index is 0.166. The summed E-state index contributed by atoms with van der Waals surface area (Å²) in [5.74, 6) is 0.351. The van der Waals surface area contributed by atoms with Crippen LogP contribution >= 0.6 is 12.2 Å². The summed E-state index contributed by atoms with van der Waals surface area (Å²) in [6, 6.07) is 22.6. The first-order valence-electron chi connectivity index (χ1n) is 9.65. The minimum atomic E-state index is -0.402. The molecule has 0 bridgehead atoms. The number of hydrogen-bond donors (Lipinski definition) is 2. The molecule has 0 aliphatic carbocycles. The smallest absolute Gasteiger partial charge is 0.293 e. The Morgan fingerprint density at radius 1 is 0.935 bits per heavy atom. The summed E-state index contributed by atoms with van der Waals surface area (Å²) in [4.78, 5) is 17.2. The second kappa shape index (κ2) is 7.70. The molecule has 3 aromatic carbocycles. The fourth-order valence-corrected chi connectivity index (χ4v) is 3.65. The van der Waals surface area contributed by atoms with Crippen molar-refractivity contribution < 1.29 is 13.6 Å². The van der Waals surface area contributed by atoms with E-state index < -0.39 is 5.91 Å². The average molecular weight is 427 g/mol. The molecule has 0 unspecified atom stereocenters. The number of fused-ring (bicyclic) bond motifs is 2. The Bertz CT molecular complexity index is 1420. The van der Waals surface area contributed by atoms with Gasteiger partial charge in [-0.25, -0.2) is 4.98 Å². The van der Waals surface area contributed by atoms with Crippen LogP contribution in [0.5, 0.6) is 0 Å². The zero-order chi connectivity index (χ0) is 21.4. The molecule has 152 valence electrons. The highest BCUT2D eigenvalue weighted by atomic mass is 32.1. The zero-order valence-corrected chi connectivity index (χ0v) is 17.3. The van der Waals surface area contributed by atoms with Crippen molar-refractivity contribution in [2.75, 3.05) is 5.32 Å². The van der Waals surface area contributed by atoms with Gasteiger partial charge in [0.05, 0.1) is 0 Å². The molecular formula is C24H17N3O3S. The number of nitrogens with one attached hydrogen (secondary N) is 2. The number of aryl methyl sites for hydroxylation is 1. The molecule has 31 heavy (non-hydrogen) atoms. The second-order valence-corrected chi connectivity index (χ2v) is 7.44. The lowest BCUT2D eigenvalue weighted by Crippen LogP contribution is -2.34. The van der Waals surface area contributed by atoms with Gasteiger partial charge in [0, 0.05) is 22.2 Å². The number of oxazole rings is 1. The van der Waals surface area contributed by atoms with Gasteiger partial charge in [-0.15, -0.1) is 0 Å². The molecule has 0 saturated carbocycles. The van der Waals surface area contributed by atoms with Crippen LogP contribution in [0.25, 0.3) is 33.5 Å². The van der Waals surface area contributed by atoms with Gasteiger partial charge in [0.15, 0.2) is 16.5 Å². The lowest BCUT2D eigenvalue weighted by molar-refractivity contribution is 0.0952. The Kier molecular flexibility index (Phi) is 4.72. The molecule has 0 fully saturated rings. The summed E-state index contributed by atoms with van der Waals surface area (Å²) < 4.78 is 11.5. The second-order valence-electron chi connectivity index (χ2n) is 7.03. The lowest BCUT2D eigenvalue weighted by Gasteiger charge is -2.09. The first-order valence-corrected chi connectivity index (χ1v) is 10.1. The number of thiocarbonyl (C=S) groups is 1. The van der Waals surface area contributed by atoms with Crippen molar-refractivity contribution in [1.29, 1.82) is 0 Å². The Morgan fingerprint density at radius 2 is 1.71 bits per heavy atom. The summed E-state index contributed by atoms with van der Waals surface area (Å²) in [5.41, 5.74) is 4.44. The van der Waals surface area contributed by atoms with Crippen molar-refractivity contribution in [3.8, 4) is 11.5 Å². The summed E-state index contributed by atoms with van der Waals surface area (Å²) in [5, 5.41) is 6.77. The molecule has 5 rings (SSSR count). The van der Waals surface area contributed by atoms with Gasteiger partial charge in [-0.3, -0.25) is 10.1 Å². The molecule has 0 radical (unpaired) electrons. The highest BCUT2D eigenvalue weighted by Gasteiger charge is 2.18. The van der Waals surface area contributed by atoms with Crippen molar-refractivity contribution in [3.63, 3.8) is 0 Å². The van der Waals surface area contributed by atoms with Crippen molar-refractivity contribution >= 4 is 51.0 Å². The number of hydrogen-bond acceptors (Lipinski definition) is 5. The van der Waals surface area contributed by atoms with E-state index in [9.17, 15) is 4.79 Å². The number of carbonyl (C=O) groups is 1. The average Bonchev–Trinajstić information content (AvgIpc) is 3.35. The van der Waals surface area contributed by atoms with Gasteiger partial charge in [-0.05, 0) is 55.5 Å². The fourth-order valence-electron chi connectivity index (χ4n) is 3.44. The number of furan rings is 1. The number of para-hydroxylation sites is 3. The molecule has 2 heterocycles. The molecule has 2 N–H and O–H groups in total. The van der Waals surface area contributed by atoms with E-state index in [2.05, 4.69) is 15.6 Å². The number of carbonyl (C=O) groups excluding carboxylic acids is 1. The van der Waals surface area contributed by atoms with E-state index in [1.165, 1.54) is 0 Å². The van der Waals surface area contributed by atoms with Crippen LogP contribution in [-0.2, 0) is 0 Å². The molecule has 0 spiro atoms. The zero-order valence-electron chi connectivity index (χ0n) is 16.5. The number of rotatable bonds is 3. The van der Waals surface area contributed by atoms with Crippen LogP contribution in [0.15, 0.2) is 81.6 Å². The van der Waals surface area contributed by atoms with Gasteiger partial charge in [0.2, 0.25) is 5.89 Å². The maximum Gasteiger partial charge on any atom is 0.293 e. The Balaban J connectivity index is 1.32. The van der Waals surface area contributed by atoms with E-state index in [0.29, 0.717) is 17.2 Å². The quantitative estimate of drug-likeness (QED) is 0.361. The van der Waals surface area contributed by atoms with Crippen molar-refractivity contribution in [3.05, 3.63) is 84.1 Å². The Hall–Kier alpha value is -3.97. The van der Waals surface area contributed by atoms with E-state index in [4.69, 9.17) is 21.1 Å². The predicted molar refractivity (Wildman–Crippen MR) is 124 cm³/mol. The molecule has 1 amide bonds. The van der Waals surface area contributed by atoms with Crippen LogP contribution in [0.3, 0.4) is 0 Å². The van der Waals surface area contributed by atoms with Gasteiger partial charge in [0.25, 0.3) is 5.91 Å². The van der Waals surface area contributed by atoms with Crippen LogP contribution in [0.4, 0.5) is 5.69 Å². The maximum atomic E-state index is 12.7. The number of benzene rings is 3. The van der Waals surface area contributed by atoms with Gasteiger partial charge >= 0.3 is 0 Å². The number of nitrogens with zero attached hydrogens (tertiary/aromatic N) is 1. The van der Waals surface area contributed by atoms with Crippen LogP contribution in [-0.4, -0.2) is 16.0 Å². The summed E-state index contributed by atoms with van der Waals surface area (Å²) in [6.07, 6.45) is 0. The van der Waals surface area contributed by atoms with Crippen molar-refractivity contribution in [2.24, 2.45) is 0 Å². The lowest BCUT2D eigenvalue weighted by atomic mass is 10.1. The number of amides is 1. The van der Waals surface area contributed by atoms with Gasteiger partial charge < -0.3 is 14.2 Å². The number of anilines is 1. The Labute approximate surface area is 182 Å². The van der Waals surface area contributed by atoms with E-state index >= 15 is 0 Å². The fraction of sp³-hybridized carbons (Fsp3) is 0.0417. The summed E-state index contributed by atoms with van der Waals surface area (Å²) in [7, 11) is 0. The van der Waals surface area contributed by atoms with Crippen LogP contribution in [0.2, 0.25) is 0 Å². The van der Waals surface area contributed by atoms with Gasteiger partial charge in [0.1, 0.15) is 11.1 Å². The highest BCUT2D eigenvalue weighted by Crippen LogP contribution is 2.27. The molecular weight excluding hydrogens is 410 g/mol. The molecule has 6 nitrogen and oxygen atoms in total. The third-order valence-electron chi connectivity index (χ3n) is 4.94. The third kappa shape index (κ3) is 3.67. The number of aromatic nitrogens is 1. The van der Waals surface area contributed by atoms with Crippen LogP contribution in [0.1, 0.15) is 16.1 Å². The van der Waals surface area contributed by atoms with E-state index in [-0.39, 0.29) is 10.9 Å². The summed E-state index contributed by atoms with van der Waals surface area (Å²) in [6.45, 7) is 1.85. The SMILES string of the molecule is Cc1c(C(=O)NC(=S)Nc2cccc(-c3nc4ccccc4o3)c2)oc2ccccc12. The first kappa shape index (κ1) is 19.0. The molecule has 0 aliphatic rings. The molecule has 7 heteroatoms. The third-order valence-corrected chi connectivity index (χ3v) is 5.14. The maximum absolute atomic E-state index is 12.7. The van der Waals surface area contributed by atoms with E-state index in [0.717, 1.165) is 27.6 Å². The van der Waals surface area contributed by atoms with E-state index in [1.54, 1.807) is 0 Å². The standard InChI is InChI=1S/C24H17N3O3S/c1-14-17-9-2-4-11-19(17)29-21(14)22(28)27-24(31)25-16-8-6-7-15(13-16)23-26-18-10-3-5-12-20(18)30-23/h2-13H,1H3,(H2,25,27,28,31). The molecule has 0 atom stereocenters. The molecule has 0 aliphatic heterocycles. The highest BCUT2D eigenvalue weighted by molar-refractivity contribution is 7.80. The van der Waals surface area contributed by atoms with Crippen molar-refractivity contribution in [1.82, 2.24) is 10.3 Å². The summed E-state index contributed by atoms with van der Waals surface area (Å²) >= 11 is 5.32. The predicted octanol–water partition coefficient (Wildman–Crippen LogP) is 5.68. The van der Waals surface area contributed by atoms with Gasteiger partial charge in [-0.2, -0.15) is 0 Å².